The molecule has 0 unspecified atom stereocenters. The molecule has 3 rings (SSSR count). The van der Waals surface area contributed by atoms with Gasteiger partial charge in [0.15, 0.2) is 11.5 Å². The highest BCUT2D eigenvalue weighted by Crippen LogP contribution is 2.33. The number of hydrogen-bond donors (Lipinski definition) is 1. The summed E-state index contributed by atoms with van der Waals surface area (Å²) in [5.74, 6) is -0.156. The average molecular weight is 430 g/mol. The topological polar surface area (TPSA) is 55.4 Å². The molecule has 3 aromatic carbocycles. The Kier molecular flexibility index (Phi) is 6.90. The van der Waals surface area contributed by atoms with Crippen LogP contribution in [0.1, 0.15) is 17.3 Å². The molecular formula is C22H17ClFNO3S. The van der Waals surface area contributed by atoms with Gasteiger partial charge in [-0.05, 0) is 43.3 Å². The monoisotopic (exact) mass is 429 g/mol. The molecule has 0 heterocycles. The van der Waals surface area contributed by atoms with Crippen molar-refractivity contribution in [2.75, 3.05) is 11.1 Å². The van der Waals surface area contributed by atoms with Gasteiger partial charge < -0.3 is 10.1 Å². The van der Waals surface area contributed by atoms with Crippen LogP contribution in [0.3, 0.4) is 0 Å². The SMILES string of the molecule is CC(=O)c1ccc(SCC(=O)Nc2ccccc2Oc2ccccc2Cl)c(F)c1. The maximum Gasteiger partial charge on any atom is 0.234 e. The third-order valence-corrected chi connectivity index (χ3v) is 5.28. The molecule has 0 spiro atoms. The van der Waals surface area contributed by atoms with Crippen molar-refractivity contribution in [3.63, 3.8) is 0 Å². The molecule has 0 aliphatic heterocycles. The van der Waals surface area contributed by atoms with Gasteiger partial charge in [0.2, 0.25) is 5.91 Å². The van der Waals surface area contributed by atoms with Gasteiger partial charge in [0.05, 0.1) is 16.5 Å². The third-order valence-electron chi connectivity index (χ3n) is 3.91. The van der Waals surface area contributed by atoms with Gasteiger partial charge in [-0.1, -0.05) is 41.9 Å². The second-order valence-corrected chi connectivity index (χ2v) is 7.49. The molecule has 0 aromatic heterocycles. The van der Waals surface area contributed by atoms with Crippen LogP contribution < -0.4 is 10.1 Å². The van der Waals surface area contributed by atoms with Crippen LogP contribution in [0.2, 0.25) is 5.02 Å². The summed E-state index contributed by atoms with van der Waals surface area (Å²) in [6.07, 6.45) is 0. The second kappa shape index (κ2) is 9.58. The summed E-state index contributed by atoms with van der Waals surface area (Å²) in [6.45, 7) is 1.37. The number of amides is 1. The molecule has 3 aromatic rings. The Morgan fingerprint density at radius 2 is 1.72 bits per heavy atom. The van der Waals surface area contributed by atoms with E-state index in [1.165, 1.54) is 19.1 Å². The highest BCUT2D eigenvalue weighted by atomic mass is 35.5. The molecule has 1 N–H and O–H groups in total. The van der Waals surface area contributed by atoms with Gasteiger partial charge in [0.25, 0.3) is 0 Å². The highest BCUT2D eigenvalue weighted by molar-refractivity contribution is 8.00. The van der Waals surface area contributed by atoms with Crippen LogP contribution in [0.25, 0.3) is 0 Å². The number of benzene rings is 3. The fraction of sp³-hybridized carbons (Fsp3) is 0.0909. The van der Waals surface area contributed by atoms with Crippen molar-refractivity contribution in [2.24, 2.45) is 0 Å². The molecule has 0 bridgehead atoms. The normalized spacial score (nSPS) is 10.4. The predicted molar refractivity (Wildman–Crippen MR) is 114 cm³/mol. The summed E-state index contributed by atoms with van der Waals surface area (Å²) >= 11 is 7.17. The molecule has 0 aliphatic rings. The number of halogens is 2. The first-order valence-corrected chi connectivity index (χ1v) is 10.0. The number of ketones is 1. The van der Waals surface area contributed by atoms with Gasteiger partial charge >= 0.3 is 0 Å². The molecule has 0 saturated heterocycles. The average Bonchev–Trinajstić information content (AvgIpc) is 2.70. The third kappa shape index (κ3) is 5.59. The zero-order chi connectivity index (χ0) is 20.8. The molecule has 1 amide bonds. The van der Waals surface area contributed by atoms with E-state index in [1.807, 2.05) is 0 Å². The van der Waals surface area contributed by atoms with Crippen molar-refractivity contribution in [1.82, 2.24) is 0 Å². The molecule has 4 nitrogen and oxygen atoms in total. The lowest BCUT2D eigenvalue weighted by molar-refractivity contribution is -0.113. The van der Waals surface area contributed by atoms with Crippen molar-refractivity contribution in [2.45, 2.75) is 11.8 Å². The summed E-state index contributed by atoms with van der Waals surface area (Å²) in [5, 5.41) is 3.22. The predicted octanol–water partition coefficient (Wildman–Crippen LogP) is 6.20. The zero-order valence-corrected chi connectivity index (χ0v) is 17.0. The largest absolute Gasteiger partial charge is 0.454 e. The molecule has 0 atom stereocenters. The Hall–Kier alpha value is -2.83. The molecular weight excluding hydrogens is 413 g/mol. The molecule has 148 valence electrons. The summed E-state index contributed by atoms with van der Waals surface area (Å²) in [7, 11) is 0. The molecule has 7 heteroatoms. The Morgan fingerprint density at radius 3 is 2.41 bits per heavy atom. The van der Waals surface area contributed by atoms with Gasteiger partial charge in [0, 0.05) is 10.5 Å². The lowest BCUT2D eigenvalue weighted by Crippen LogP contribution is -2.14. The Balaban J connectivity index is 1.66. The summed E-state index contributed by atoms with van der Waals surface area (Å²) in [5.41, 5.74) is 0.771. The van der Waals surface area contributed by atoms with Crippen LogP contribution in [0.4, 0.5) is 10.1 Å². The van der Waals surface area contributed by atoms with Crippen LogP contribution >= 0.6 is 23.4 Å². The Bertz CT molecular complexity index is 1060. The van der Waals surface area contributed by atoms with E-state index in [0.717, 1.165) is 11.8 Å². The first-order chi connectivity index (χ1) is 13.9. The summed E-state index contributed by atoms with van der Waals surface area (Å²) in [4.78, 5) is 24.0. The van der Waals surface area contributed by atoms with Crippen LogP contribution in [0.15, 0.2) is 71.6 Å². The summed E-state index contributed by atoms with van der Waals surface area (Å²) in [6, 6.07) is 18.2. The lowest BCUT2D eigenvalue weighted by atomic mass is 10.1. The number of rotatable bonds is 7. The molecule has 0 aliphatic carbocycles. The van der Waals surface area contributed by atoms with E-state index < -0.39 is 5.82 Å². The molecule has 0 radical (unpaired) electrons. The van der Waals surface area contributed by atoms with Gasteiger partial charge in [-0.3, -0.25) is 9.59 Å². The molecule has 0 saturated carbocycles. The number of para-hydroxylation sites is 3. The van der Waals surface area contributed by atoms with Crippen LogP contribution in [-0.4, -0.2) is 17.4 Å². The van der Waals surface area contributed by atoms with Crippen LogP contribution in [0.5, 0.6) is 11.5 Å². The maximum atomic E-state index is 14.1. The van der Waals surface area contributed by atoms with E-state index in [4.69, 9.17) is 16.3 Å². The fourth-order valence-electron chi connectivity index (χ4n) is 2.47. The maximum absolute atomic E-state index is 14.1. The number of ether oxygens (including phenoxy) is 1. The van der Waals surface area contributed by atoms with Gasteiger partial charge in [-0.25, -0.2) is 4.39 Å². The molecule has 29 heavy (non-hydrogen) atoms. The number of nitrogens with one attached hydrogen (secondary N) is 1. The van der Waals surface area contributed by atoms with Gasteiger partial charge in [-0.2, -0.15) is 0 Å². The quantitative estimate of drug-likeness (QED) is 0.358. The van der Waals surface area contributed by atoms with E-state index in [2.05, 4.69) is 5.32 Å². The minimum atomic E-state index is -0.530. The lowest BCUT2D eigenvalue weighted by Gasteiger charge is -2.13. The van der Waals surface area contributed by atoms with Crippen molar-refractivity contribution in [3.8, 4) is 11.5 Å². The fourth-order valence-corrected chi connectivity index (χ4v) is 3.37. The number of Topliss-reactive ketones (excluding diaryl/α,β-unsaturated/α-hetero) is 1. The number of hydrogen-bond acceptors (Lipinski definition) is 4. The van der Waals surface area contributed by atoms with E-state index in [1.54, 1.807) is 54.6 Å². The second-order valence-electron chi connectivity index (χ2n) is 6.07. The van der Waals surface area contributed by atoms with E-state index in [0.29, 0.717) is 32.7 Å². The van der Waals surface area contributed by atoms with Crippen molar-refractivity contribution < 1.29 is 18.7 Å². The number of anilines is 1. The number of carbonyl (C=O) groups excluding carboxylic acids is 2. The molecule has 0 fully saturated rings. The standard InChI is InChI=1S/C22H17ClFNO3S/c1-14(26)15-10-11-21(17(24)12-15)29-13-22(27)25-18-7-3-5-9-20(18)28-19-8-4-2-6-16(19)23/h2-12H,13H2,1H3,(H,25,27). The first kappa shape index (κ1) is 20.9. The minimum absolute atomic E-state index is 0.00321. The van der Waals surface area contributed by atoms with Crippen molar-refractivity contribution in [3.05, 3.63) is 83.1 Å². The van der Waals surface area contributed by atoms with Crippen molar-refractivity contribution >= 4 is 40.7 Å². The van der Waals surface area contributed by atoms with Gasteiger partial charge in [-0.15, -0.1) is 11.8 Å². The highest BCUT2D eigenvalue weighted by Gasteiger charge is 2.12. The Labute approximate surface area is 177 Å². The van der Waals surface area contributed by atoms with E-state index >= 15 is 0 Å². The first-order valence-electron chi connectivity index (χ1n) is 8.68. The van der Waals surface area contributed by atoms with Crippen LogP contribution in [-0.2, 0) is 4.79 Å². The van der Waals surface area contributed by atoms with E-state index in [9.17, 15) is 14.0 Å². The number of thioether (sulfide) groups is 1. The number of carbonyl (C=O) groups is 2. The summed E-state index contributed by atoms with van der Waals surface area (Å²) < 4.78 is 19.9. The zero-order valence-electron chi connectivity index (χ0n) is 15.4. The Morgan fingerprint density at radius 1 is 1.03 bits per heavy atom. The van der Waals surface area contributed by atoms with Gasteiger partial charge in [0.1, 0.15) is 11.6 Å². The van der Waals surface area contributed by atoms with Crippen molar-refractivity contribution in [1.29, 1.82) is 0 Å². The van der Waals surface area contributed by atoms with E-state index in [-0.39, 0.29) is 17.4 Å². The minimum Gasteiger partial charge on any atom is -0.454 e. The van der Waals surface area contributed by atoms with Crippen LogP contribution in [0, 0.1) is 5.82 Å². The smallest absolute Gasteiger partial charge is 0.234 e.